The third-order valence-electron chi connectivity index (χ3n) is 3.77. The van der Waals surface area contributed by atoms with E-state index in [4.69, 9.17) is 4.42 Å². The van der Waals surface area contributed by atoms with E-state index in [1.54, 1.807) is 0 Å². The largest absolute Gasteiger partial charge is 0.432 e. The number of oxazole rings is 1. The van der Waals surface area contributed by atoms with Crippen LogP contribution in [0.2, 0.25) is 0 Å². The number of nitrogens with zero attached hydrogens (tertiary/aromatic N) is 3. The topological polar surface area (TPSA) is 75.8 Å². The second-order valence-electron chi connectivity index (χ2n) is 6.01. The molecule has 0 aliphatic heterocycles. The summed E-state index contributed by atoms with van der Waals surface area (Å²) in [6.07, 6.45) is -0.225. The normalized spacial score (nSPS) is 15.8. The molecule has 1 aromatic carbocycles. The van der Waals surface area contributed by atoms with Gasteiger partial charge in [-0.05, 0) is 26.2 Å². The van der Waals surface area contributed by atoms with Gasteiger partial charge in [0.05, 0.1) is 18.7 Å². The van der Waals surface area contributed by atoms with Crippen LogP contribution < -0.4 is 0 Å². The maximum Gasteiger partial charge on any atom is 0.244 e. The van der Waals surface area contributed by atoms with Gasteiger partial charge in [-0.15, -0.1) is 0 Å². The van der Waals surface area contributed by atoms with Gasteiger partial charge in [-0.2, -0.15) is 0 Å². The minimum absolute atomic E-state index is 0.0449. The van der Waals surface area contributed by atoms with Crippen molar-refractivity contribution in [3.63, 3.8) is 0 Å². The van der Waals surface area contributed by atoms with Gasteiger partial charge in [-0.3, -0.25) is 14.6 Å². The number of hydrogen-bond donors (Lipinski definition) is 0. The van der Waals surface area contributed by atoms with Crippen LogP contribution in [0, 0.1) is 17.5 Å². The molecule has 1 aliphatic carbocycles. The molecule has 9 heteroatoms. The Bertz CT molecular complexity index is 912. The van der Waals surface area contributed by atoms with Gasteiger partial charge >= 0.3 is 0 Å². The number of halogens is 3. The molecule has 0 spiro atoms. The number of carbonyl (C=O) groups excluding carboxylic acids is 2. The number of rotatable bonds is 4. The van der Waals surface area contributed by atoms with E-state index in [2.05, 4.69) is 9.98 Å². The fourth-order valence-corrected chi connectivity index (χ4v) is 2.43. The van der Waals surface area contributed by atoms with Gasteiger partial charge in [0.15, 0.2) is 28.9 Å². The van der Waals surface area contributed by atoms with Crippen molar-refractivity contribution in [2.75, 3.05) is 27.2 Å². The fourth-order valence-electron chi connectivity index (χ4n) is 2.43. The first kappa shape index (κ1) is 18.0. The zero-order valence-electron chi connectivity index (χ0n) is 14.0. The molecule has 1 heterocycles. The van der Waals surface area contributed by atoms with E-state index in [1.807, 2.05) is 19.0 Å². The van der Waals surface area contributed by atoms with Gasteiger partial charge < -0.3 is 9.32 Å². The van der Waals surface area contributed by atoms with Crippen molar-refractivity contribution in [3.05, 3.63) is 41.0 Å². The lowest BCUT2D eigenvalue weighted by Crippen LogP contribution is -2.27. The van der Waals surface area contributed by atoms with Crippen molar-refractivity contribution in [1.82, 2.24) is 9.88 Å². The molecule has 0 atom stereocenters. The van der Waals surface area contributed by atoms with Crippen molar-refractivity contribution in [2.24, 2.45) is 4.99 Å². The second kappa shape index (κ2) is 6.83. The molecule has 26 heavy (non-hydrogen) atoms. The number of fused-ring (bicyclic) bond motifs is 1. The first-order valence-corrected chi connectivity index (χ1v) is 7.69. The van der Waals surface area contributed by atoms with E-state index in [0.29, 0.717) is 25.2 Å². The summed E-state index contributed by atoms with van der Waals surface area (Å²) in [6, 6.07) is 1.35. The van der Waals surface area contributed by atoms with Crippen molar-refractivity contribution in [3.8, 4) is 11.5 Å². The summed E-state index contributed by atoms with van der Waals surface area (Å²) in [4.78, 5) is 34.5. The Hall–Kier alpha value is -2.81. The summed E-state index contributed by atoms with van der Waals surface area (Å²) in [6.45, 7) is 0.916. The molecular weight excluding hydrogens is 351 g/mol. The van der Waals surface area contributed by atoms with E-state index >= 15 is 0 Å². The number of Topliss-reactive ketones (excluding diaryl/α,β-unsaturated/α-hetero) is 2. The molecule has 0 bridgehead atoms. The molecule has 2 aromatic rings. The molecular formula is C17H14F3N3O3. The monoisotopic (exact) mass is 365 g/mol. The highest BCUT2D eigenvalue weighted by atomic mass is 19.2. The molecule has 0 unspecified atom stereocenters. The van der Waals surface area contributed by atoms with Gasteiger partial charge in [-0.25, -0.2) is 18.2 Å². The Morgan fingerprint density at radius 1 is 1.19 bits per heavy atom. The van der Waals surface area contributed by atoms with Gasteiger partial charge in [0.1, 0.15) is 0 Å². The minimum Gasteiger partial charge on any atom is -0.432 e. The van der Waals surface area contributed by atoms with Crippen molar-refractivity contribution >= 4 is 17.3 Å². The molecule has 0 amide bonds. The molecule has 0 radical (unpaired) electrons. The Morgan fingerprint density at radius 2 is 1.85 bits per heavy atom. The second-order valence-corrected chi connectivity index (χ2v) is 6.01. The summed E-state index contributed by atoms with van der Waals surface area (Å²) in [5, 5.41) is 0. The van der Waals surface area contributed by atoms with Crippen LogP contribution in [0.1, 0.15) is 27.5 Å². The molecule has 1 aromatic heterocycles. The number of hydrogen-bond acceptors (Lipinski definition) is 6. The summed E-state index contributed by atoms with van der Waals surface area (Å²) in [5.41, 5.74) is -0.396. The molecule has 0 saturated heterocycles. The first-order chi connectivity index (χ1) is 12.3. The zero-order valence-corrected chi connectivity index (χ0v) is 14.0. The van der Waals surface area contributed by atoms with Crippen LogP contribution >= 0.6 is 0 Å². The number of benzene rings is 1. The lowest BCUT2D eigenvalue weighted by molar-refractivity contribution is 0.0949. The van der Waals surface area contributed by atoms with E-state index in [0.717, 1.165) is 0 Å². The summed E-state index contributed by atoms with van der Waals surface area (Å²) < 4.78 is 45.1. The van der Waals surface area contributed by atoms with Crippen LogP contribution in [0.4, 0.5) is 13.2 Å². The fraction of sp³-hybridized carbons (Fsp3) is 0.294. The van der Waals surface area contributed by atoms with Gasteiger partial charge in [0.2, 0.25) is 17.4 Å². The van der Waals surface area contributed by atoms with Crippen LogP contribution in [0.25, 0.3) is 11.5 Å². The SMILES string of the molecule is CN(C)CCN=C1CC(=O)c2nc(-c3cc(F)c(F)c(F)c3)oc2C1=O. The number of aliphatic imine (C=N–C) groups is 1. The molecule has 1 aliphatic rings. The maximum atomic E-state index is 13.4. The van der Waals surface area contributed by atoms with E-state index in [1.165, 1.54) is 0 Å². The first-order valence-electron chi connectivity index (χ1n) is 7.69. The van der Waals surface area contributed by atoms with Crippen LogP contribution in [-0.2, 0) is 0 Å². The molecule has 0 fully saturated rings. The van der Waals surface area contributed by atoms with Crippen LogP contribution in [0.3, 0.4) is 0 Å². The smallest absolute Gasteiger partial charge is 0.244 e. The lowest BCUT2D eigenvalue weighted by atomic mass is 9.97. The summed E-state index contributed by atoms with van der Waals surface area (Å²) in [5.74, 6) is -6.25. The molecule has 0 N–H and O–H groups in total. The van der Waals surface area contributed by atoms with Crippen molar-refractivity contribution < 1.29 is 27.2 Å². The molecule has 0 saturated carbocycles. The summed E-state index contributed by atoms with van der Waals surface area (Å²) in [7, 11) is 3.69. The highest BCUT2D eigenvalue weighted by Crippen LogP contribution is 2.28. The molecule has 3 rings (SSSR count). The number of carbonyl (C=O) groups is 2. The highest BCUT2D eigenvalue weighted by Gasteiger charge is 2.35. The zero-order chi connectivity index (χ0) is 19.0. The quantitative estimate of drug-likeness (QED) is 0.779. The van der Waals surface area contributed by atoms with E-state index in [9.17, 15) is 22.8 Å². The standard InChI is InChI=1S/C17H14F3N3O3/c1-23(2)4-3-21-11-7-12(24)14-16(15(11)25)26-17(22-14)8-5-9(18)13(20)10(19)6-8/h5-6H,3-4,7H2,1-2H3. The number of likely N-dealkylation sites (N-methyl/N-ethyl adjacent to an activating group) is 1. The third-order valence-corrected chi connectivity index (χ3v) is 3.77. The molecule has 136 valence electrons. The average molecular weight is 365 g/mol. The van der Waals surface area contributed by atoms with E-state index in [-0.39, 0.29) is 35.0 Å². The average Bonchev–Trinajstić information content (AvgIpc) is 3.02. The number of aromatic nitrogens is 1. The Balaban J connectivity index is 1.96. The lowest BCUT2D eigenvalue weighted by Gasteiger charge is -2.10. The van der Waals surface area contributed by atoms with Gasteiger partial charge in [0.25, 0.3) is 0 Å². The predicted octanol–water partition coefficient (Wildman–Crippen LogP) is 2.53. The summed E-state index contributed by atoms with van der Waals surface area (Å²) >= 11 is 0. The third kappa shape index (κ3) is 3.30. The van der Waals surface area contributed by atoms with Crippen molar-refractivity contribution in [1.29, 1.82) is 0 Å². The van der Waals surface area contributed by atoms with E-state index < -0.39 is 29.0 Å². The van der Waals surface area contributed by atoms with Gasteiger partial charge in [0, 0.05) is 12.1 Å². The highest BCUT2D eigenvalue weighted by molar-refractivity contribution is 6.51. The minimum atomic E-state index is -1.63. The maximum absolute atomic E-state index is 13.4. The Morgan fingerprint density at radius 3 is 2.46 bits per heavy atom. The van der Waals surface area contributed by atoms with Crippen LogP contribution in [0.15, 0.2) is 21.5 Å². The Kier molecular flexibility index (Phi) is 4.73. The molecule has 6 nitrogen and oxygen atoms in total. The van der Waals surface area contributed by atoms with Crippen LogP contribution in [0.5, 0.6) is 0 Å². The van der Waals surface area contributed by atoms with Gasteiger partial charge in [-0.1, -0.05) is 0 Å². The van der Waals surface area contributed by atoms with Crippen LogP contribution in [-0.4, -0.2) is 54.3 Å². The number of ketones is 2. The van der Waals surface area contributed by atoms with Crippen molar-refractivity contribution in [2.45, 2.75) is 6.42 Å². The predicted molar refractivity (Wildman–Crippen MR) is 85.9 cm³/mol. The Labute approximate surface area is 146 Å².